The van der Waals surface area contributed by atoms with E-state index in [1.807, 2.05) is 23.1 Å². The van der Waals surface area contributed by atoms with Crippen LogP contribution in [0.5, 0.6) is 11.5 Å². The Bertz CT molecular complexity index is 713. The molecular formula is C19H21NO3S. The van der Waals surface area contributed by atoms with Gasteiger partial charge in [0, 0.05) is 17.8 Å². The molecule has 4 nitrogen and oxygen atoms in total. The highest BCUT2D eigenvalue weighted by atomic mass is 32.1. The van der Waals surface area contributed by atoms with E-state index >= 15 is 0 Å². The normalized spacial score (nSPS) is 19.5. The highest BCUT2D eigenvalue weighted by molar-refractivity contribution is 7.09. The molecule has 0 radical (unpaired) electrons. The fourth-order valence-electron chi connectivity index (χ4n) is 3.51. The summed E-state index contributed by atoms with van der Waals surface area (Å²) in [6, 6.07) is 10.4. The molecule has 0 unspecified atom stereocenters. The Hall–Kier alpha value is -2.01. The third-order valence-corrected chi connectivity index (χ3v) is 5.63. The van der Waals surface area contributed by atoms with Crippen molar-refractivity contribution in [1.29, 1.82) is 0 Å². The second kappa shape index (κ2) is 6.85. The van der Waals surface area contributed by atoms with Gasteiger partial charge in [-0.2, -0.15) is 0 Å². The first-order chi connectivity index (χ1) is 11.8. The van der Waals surface area contributed by atoms with Crippen molar-refractivity contribution < 1.29 is 14.3 Å². The summed E-state index contributed by atoms with van der Waals surface area (Å²) in [4.78, 5) is 16.0. The molecule has 0 N–H and O–H groups in total. The maximum Gasteiger partial charge on any atom is 0.223 e. The Morgan fingerprint density at radius 2 is 2.08 bits per heavy atom. The first-order valence-electron chi connectivity index (χ1n) is 8.52. The number of hydrogen-bond acceptors (Lipinski definition) is 4. The Morgan fingerprint density at radius 1 is 1.21 bits per heavy atom. The minimum atomic E-state index is 0.164. The number of benzene rings is 1. The highest BCUT2D eigenvalue weighted by Crippen LogP contribution is 2.38. The molecule has 0 spiro atoms. The zero-order valence-electron chi connectivity index (χ0n) is 13.6. The van der Waals surface area contributed by atoms with E-state index in [0.29, 0.717) is 19.6 Å². The van der Waals surface area contributed by atoms with Crippen molar-refractivity contribution >= 4 is 17.2 Å². The van der Waals surface area contributed by atoms with Crippen LogP contribution >= 0.6 is 11.3 Å². The number of carbonyl (C=O) groups excluding carboxylic acids is 1. The van der Waals surface area contributed by atoms with Crippen molar-refractivity contribution in [1.82, 2.24) is 4.90 Å². The van der Waals surface area contributed by atoms with Gasteiger partial charge < -0.3 is 14.4 Å². The number of aryl methyl sites for hydroxylation is 1. The largest absolute Gasteiger partial charge is 0.486 e. The summed E-state index contributed by atoms with van der Waals surface area (Å²) in [5.74, 6) is 1.86. The Balaban J connectivity index is 1.47. The molecule has 1 saturated heterocycles. The lowest BCUT2D eigenvalue weighted by molar-refractivity contribution is -0.132. The molecule has 0 aliphatic carbocycles. The van der Waals surface area contributed by atoms with Crippen LogP contribution in [-0.2, 0) is 11.2 Å². The van der Waals surface area contributed by atoms with Gasteiger partial charge in [-0.3, -0.25) is 4.79 Å². The van der Waals surface area contributed by atoms with E-state index in [2.05, 4.69) is 17.5 Å². The maximum atomic E-state index is 12.7. The van der Waals surface area contributed by atoms with Gasteiger partial charge in [0.2, 0.25) is 5.91 Å². The summed E-state index contributed by atoms with van der Waals surface area (Å²) in [7, 11) is 0. The average molecular weight is 343 g/mol. The molecular weight excluding hydrogens is 322 g/mol. The molecule has 2 aliphatic heterocycles. The zero-order chi connectivity index (χ0) is 16.4. The van der Waals surface area contributed by atoms with Crippen LogP contribution in [0.15, 0.2) is 35.7 Å². The molecule has 0 bridgehead atoms. The maximum absolute atomic E-state index is 12.7. The van der Waals surface area contributed by atoms with Gasteiger partial charge in [-0.1, -0.05) is 12.1 Å². The summed E-state index contributed by atoms with van der Waals surface area (Å²) in [6.45, 7) is 2.04. The molecule has 1 atom stereocenters. The third kappa shape index (κ3) is 3.13. The minimum Gasteiger partial charge on any atom is -0.486 e. The lowest BCUT2D eigenvalue weighted by Gasteiger charge is -2.26. The molecule has 1 amide bonds. The lowest BCUT2D eigenvalue weighted by Crippen LogP contribution is -2.30. The predicted molar refractivity (Wildman–Crippen MR) is 93.8 cm³/mol. The standard InChI is InChI=1S/C19H21NO3S/c21-19(8-6-15-3-2-12-24-15)20-9-1-4-16(20)14-5-7-17-18(13-14)23-11-10-22-17/h2-3,5,7,12-13,16H,1,4,6,8-11H2/t16-/m0/s1. The molecule has 0 saturated carbocycles. The summed E-state index contributed by atoms with van der Waals surface area (Å²) in [5.41, 5.74) is 1.15. The van der Waals surface area contributed by atoms with Crippen LogP contribution in [0.3, 0.4) is 0 Å². The van der Waals surface area contributed by atoms with Crippen LogP contribution in [0.4, 0.5) is 0 Å². The predicted octanol–water partition coefficient (Wildman–Crippen LogP) is 3.82. The van der Waals surface area contributed by atoms with Crippen molar-refractivity contribution in [3.8, 4) is 11.5 Å². The SMILES string of the molecule is O=C(CCc1cccs1)N1CCC[C@H]1c1ccc2c(c1)OCCO2. The van der Waals surface area contributed by atoms with Crippen molar-refractivity contribution in [3.63, 3.8) is 0 Å². The summed E-state index contributed by atoms with van der Waals surface area (Å²) in [5, 5.41) is 2.06. The number of amides is 1. The van der Waals surface area contributed by atoms with Gasteiger partial charge in [0.05, 0.1) is 6.04 Å². The first-order valence-corrected chi connectivity index (χ1v) is 9.40. The molecule has 1 fully saturated rings. The number of thiophene rings is 1. The van der Waals surface area contributed by atoms with E-state index < -0.39 is 0 Å². The van der Waals surface area contributed by atoms with Gasteiger partial charge >= 0.3 is 0 Å². The molecule has 126 valence electrons. The van der Waals surface area contributed by atoms with Crippen molar-refractivity contribution in [2.24, 2.45) is 0 Å². The number of likely N-dealkylation sites (tertiary alicyclic amines) is 1. The third-order valence-electron chi connectivity index (χ3n) is 4.69. The minimum absolute atomic E-state index is 0.164. The lowest BCUT2D eigenvalue weighted by atomic mass is 10.0. The van der Waals surface area contributed by atoms with Gasteiger partial charge in [-0.15, -0.1) is 11.3 Å². The molecule has 5 heteroatoms. The topological polar surface area (TPSA) is 38.8 Å². The number of rotatable bonds is 4. The van der Waals surface area contributed by atoms with Gasteiger partial charge in [0.25, 0.3) is 0 Å². The number of hydrogen-bond donors (Lipinski definition) is 0. The quantitative estimate of drug-likeness (QED) is 0.847. The van der Waals surface area contributed by atoms with E-state index in [4.69, 9.17) is 9.47 Å². The Labute approximate surface area is 146 Å². The Kier molecular flexibility index (Phi) is 4.43. The number of carbonyl (C=O) groups is 1. The van der Waals surface area contributed by atoms with E-state index in [1.54, 1.807) is 11.3 Å². The number of nitrogens with zero attached hydrogens (tertiary/aromatic N) is 1. The molecule has 2 aromatic rings. The zero-order valence-corrected chi connectivity index (χ0v) is 14.4. The molecule has 2 aliphatic rings. The second-order valence-electron chi connectivity index (χ2n) is 6.23. The van der Waals surface area contributed by atoms with Crippen molar-refractivity contribution in [2.45, 2.75) is 31.7 Å². The molecule has 4 rings (SSSR count). The smallest absolute Gasteiger partial charge is 0.223 e. The van der Waals surface area contributed by atoms with Crippen LogP contribution in [-0.4, -0.2) is 30.6 Å². The van der Waals surface area contributed by atoms with E-state index in [1.165, 1.54) is 4.88 Å². The number of fused-ring (bicyclic) bond motifs is 1. The van der Waals surface area contributed by atoms with Gasteiger partial charge in [-0.05, 0) is 48.4 Å². The second-order valence-corrected chi connectivity index (χ2v) is 7.26. The molecule has 3 heterocycles. The summed E-state index contributed by atoms with van der Waals surface area (Å²) in [6.07, 6.45) is 3.50. The first kappa shape index (κ1) is 15.5. The van der Waals surface area contributed by atoms with Crippen LogP contribution < -0.4 is 9.47 Å². The van der Waals surface area contributed by atoms with E-state index in [0.717, 1.165) is 42.9 Å². The molecule has 24 heavy (non-hydrogen) atoms. The van der Waals surface area contributed by atoms with E-state index in [-0.39, 0.29) is 11.9 Å². The Morgan fingerprint density at radius 3 is 2.92 bits per heavy atom. The highest BCUT2D eigenvalue weighted by Gasteiger charge is 2.30. The molecule has 1 aromatic carbocycles. The van der Waals surface area contributed by atoms with Crippen LogP contribution in [0.25, 0.3) is 0 Å². The monoisotopic (exact) mass is 343 g/mol. The van der Waals surface area contributed by atoms with Crippen molar-refractivity contribution in [3.05, 3.63) is 46.2 Å². The molecule has 1 aromatic heterocycles. The average Bonchev–Trinajstić information content (AvgIpc) is 3.31. The van der Waals surface area contributed by atoms with Crippen LogP contribution in [0.2, 0.25) is 0 Å². The summed E-state index contributed by atoms with van der Waals surface area (Å²) < 4.78 is 11.3. The van der Waals surface area contributed by atoms with Gasteiger partial charge in [-0.25, -0.2) is 0 Å². The van der Waals surface area contributed by atoms with Gasteiger partial charge in [0.15, 0.2) is 11.5 Å². The number of ether oxygens (including phenoxy) is 2. The van der Waals surface area contributed by atoms with Crippen molar-refractivity contribution in [2.75, 3.05) is 19.8 Å². The van der Waals surface area contributed by atoms with Gasteiger partial charge in [0.1, 0.15) is 13.2 Å². The summed E-state index contributed by atoms with van der Waals surface area (Å²) >= 11 is 1.72. The van der Waals surface area contributed by atoms with E-state index in [9.17, 15) is 4.79 Å². The fraction of sp³-hybridized carbons (Fsp3) is 0.421. The van der Waals surface area contributed by atoms with Crippen LogP contribution in [0, 0.1) is 0 Å². The fourth-order valence-corrected chi connectivity index (χ4v) is 4.22. The van der Waals surface area contributed by atoms with Crippen LogP contribution in [0.1, 0.15) is 35.7 Å².